The van der Waals surface area contributed by atoms with Crippen molar-refractivity contribution in [3.8, 4) is 0 Å². The minimum Gasteiger partial charge on any atom is -0.447 e. The lowest BCUT2D eigenvalue weighted by Gasteiger charge is -2.26. The molecule has 1 N–H and O–H groups in total. The van der Waals surface area contributed by atoms with E-state index in [0.29, 0.717) is 30.0 Å². The maximum absolute atomic E-state index is 13.0. The van der Waals surface area contributed by atoms with Crippen LogP contribution in [-0.4, -0.2) is 31.7 Å². The number of benzene rings is 2. The van der Waals surface area contributed by atoms with E-state index < -0.39 is 23.2 Å². The Labute approximate surface area is 166 Å². The molecular weight excluding hydrogens is 385 g/mol. The number of rotatable bonds is 5. The molecule has 154 valence electrons. The lowest BCUT2D eigenvalue weighted by atomic mass is 9.83. The van der Waals surface area contributed by atoms with Crippen molar-refractivity contribution < 1.29 is 27.5 Å². The Kier molecular flexibility index (Phi) is 5.55. The first kappa shape index (κ1) is 20.7. The van der Waals surface area contributed by atoms with E-state index in [-0.39, 0.29) is 12.5 Å². The normalized spacial score (nSPS) is 14.7. The van der Waals surface area contributed by atoms with E-state index in [1.807, 2.05) is 0 Å². The number of carbonyl (C=O) groups excluding carboxylic acids is 2. The Bertz CT molecular complexity index is 925. The number of carbonyl (C=O) groups is 2. The van der Waals surface area contributed by atoms with Crippen LogP contribution in [0.1, 0.15) is 35.3 Å². The van der Waals surface area contributed by atoms with Crippen molar-refractivity contribution in [1.29, 1.82) is 0 Å². The first-order valence-corrected chi connectivity index (χ1v) is 9.08. The number of anilines is 1. The number of amides is 2. The van der Waals surface area contributed by atoms with Crippen LogP contribution in [0, 0.1) is 0 Å². The molecule has 29 heavy (non-hydrogen) atoms. The van der Waals surface area contributed by atoms with Crippen LogP contribution < -0.4 is 10.2 Å². The van der Waals surface area contributed by atoms with Crippen molar-refractivity contribution in [2.45, 2.75) is 25.4 Å². The first-order chi connectivity index (χ1) is 13.6. The van der Waals surface area contributed by atoms with Gasteiger partial charge in [0.15, 0.2) is 0 Å². The maximum atomic E-state index is 13.0. The summed E-state index contributed by atoms with van der Waals surface area (Å²) < 4.78 is 43.8. The van der Waals surface area contributed by atoms with Gasteiger partial charge in [-0.05, 0) is 29.8 Å². The molecule has 1 fully saturated rings. The number of alkyl halides is 3. The molecule has 5 nitrogen and oxygen atoms in total. The molecule has 1 aliphatic rings. The summed E-state index contributed by atoms with van der Waals surface area (Å²) >= 11 is 0. The largest absolute Gasteiger partial charge is 0.447 e. The van der Waals surface area contributed by atoms with Crippen molar-refractivity contribution in [2.24, 2.45) is 0 Å². The Morgan fingerprint density at radius 3 is 2.45 bits per heavy atom. The smallest absolute Gasteiger partial charge is 0.416 e. The lowest BCUT2D eigenvalue weighted by molar-refractivity contribution is -0.137. The fourth-order valence-electron chi connectivity index (χ4n) is 3.06. The molecule has 2 amide bonds. The highest BCUT2D eigenvalue weighted by molar-refractivity contribution is 5.97. The van der Waals surface area contributed by atoms with Crippen molar-refractivity contribution in [2.75, 3.05) is 24.6 Å². The maximum Gasteiger partial charge on any atom is 0.416 e. The molecule has 1 aliphatic heterocycles. The van der Waals surface area contributed by atoms with Crippen LogP contribution in [0.25, 0.3) is 0 Å². The minimum atomic E-state index is -4.42. The molecule has 0 aromatic heterocycles. The van der Waals surface area contributed by atoms with E-state index in [1.54, 1.807) is 44.2 Å². The molecule has 1 saturated heterocycles. The summed E-state index contributed by atoms with van der Waals surface area (Å²) in [5.74, 6) is -0.375. The number of hydrogen-bond acceptors (Lipinski definition) is 3. The van der Waals surface area contributed by atoms with Crippen molar-refractivity contribution in [1.82, 2.24) is 5.32 Å². The summed E-state index contributed by atoms with van der Waals surface area (Å²) in [4.78, 5) is 25.7. The summed E-state index contributed by atoms with van der Waals surface area (Å²) in [7, 11) is 0. The Hall–Kier alpha value is -3.03. The topological polar surface area (TPSA) is 58.6 Å². The number of nitrogens with one attached hydrogen (secondary N) is 1. The minimum absolute atomic E-state index is 0.142. The third kappa shape index (κ3) is 4.70. The Morgan fingerprint density at radius 1 is 1.10 bits per heavy atom. The molecule has 3 rings (SSSR count). The van der Waals surface area contributed by atoms with Crippen LogP contribution in [-0.2, 0) is 16.3 Å². The Morgan fingerprint density at radius 2 is 1.79 bits per heavy atom. The highest BCUT2D eigenvalue weighted by Crippen LogP contribution is 2.32. The molecule has 2 aromatic carbocycles. The summed E-state index contributed by atoms with van der Waals surface area (Å²) in [6.07, 6.45) is -4.89. The second-order valence-electron chi connectivity index (χ2n) is 7.46. The van der Waals surface area contributed by atoms with Gasteiger partial charge in [-0.15, -0.1) is 0 Å². The molecule has 0 saturated carbocycles. The van der Waals surface area contributed by atoms with Gasteiger partial charge in [-0.3, -0.25) is 9.69 Å². The van der Waals surface area contributed by atoms with Crippen molar-refractivity contribution >= 4 is 17.7 Å². The molecule has 0 atom stereocenters. The second kappa shape index (κ2) is 7.77. The van der Waals surface area contributed by atoms with Gasteiger partial charge in [0, 0.05) is 23.2 Å². The van der Waals surface area contributed by atoms with Gasteiger partial charge in [-0.1, -0.05) is 38.1 Å². The van der Waals surface area contributed by atoms with Crippen LogP contribution in [0.15, 0.2) is 48.5 Å². The van der Waals surface area contributed by atoms with E-state index in [9.17, 15) is 22.8 Å². The standard InChI is InChI=1S/C21H21F3N2O3/c1-20(2,15-6-4-7-16(12-15)21(22,23)24)13-25-18(27)14-5-3-8-17(11-14)26-9-10-29-19(26)28/h3-8,11-12H,9-10,13H2,1-2H3,(H,25,27). The van der Waals surface area contributed by atoms with E-state index in [4.69, 9.17) is 4.74 Å². The first-order valence-electron chi connectivity index (χ1n) is 9.08. The molecule has 0 unspecified atom stereocenters. The van der Waals surface area contributed by atoms with Crippen LogP contribution in [0.3, 0.4) is 0 Å². The summed E-state index contributed by atoms with van der Waals surface area (Å²) in [6.45, 7) is 4.37. The van der Waals surface area contributed by atoms with Gasteiger partial charge in [0.2, 0.25) is 0 Å². The molecule has 0 spiro atoms. The number of cyclic esters (lactones) is 1. The number of ether oxygens (including phenoxy) is 1. The monoisotopic (exact) mass is 406 g/mol. The third-order valence-corrected chi connectivity index (χ3v) is 4.84. The third-order valence-electron chi connectivity index (χ3n) is 4.84. The molecule has 2 aromatic rings. The molecule has 0 bridgehead atoms. The van der Waals surface area contributed by atoms with Gasteiger partial charge < -0.3 is 10.1 Å². The van der Waals surface area contributed by atoms with Gasteiger partial charge in [0.25, 0.3) is 5.91 Å². The molecule has 8 heteroatoms. The zero-order valence-electron chi connectivity index (χ0n) is 16.0. The van der Waals surface area contributed by atoms with Gasteiger partial charge in [-0.2, -0.15) is 13.2 Å². The highest BCUT2D eigenvalue weighted by atomic mass is 19.4. The van der Waals surface area contributed by atoms with E-state index in [0.717, 1.165) is 12.1 Å². The second-order valence-corrected chi connectivity index (χ2v) is 7.46. The van der Waals surface area contributed by atoms with Gasteiger partial charge in [-0.25, -0.2) is 4.79 Å². The highest BCUT2D eigenvalue weighted by Gasteiger charge is 2.32. The van der Waals surface area contributed by atoms with Crippen LogP contribution in [0.4, 0.5) is 23.7 Å². The number of hydrogen-bond donors (Lipinski definition) is 1. The van der Waals surface area contributed by atoms with Gasteiger partial charge in [0.05, 0.1) is 12.1 Å². The summed E-state index contributed by atoms with van der Waals surface area (Å²) in [5, 5.41) is 2.77. The molecular formula is C21H21F3N2O3. The summed E-state index contributed by atoms with van der Waals surface area (Å²) in [6, 6.07) is 11.7. The Balaban J connectivity index is 1.71. The average Bonchev–Trinajstić information content (AvgIpc) is 3.11. The lowest BCUT2D eigenvalue weighted by Crippen LogP contribution is -2.37. The average molecular weight is 406 g/mol. The van der Waals surface area contributed by atoms with Crippen LogP contribution >= 0.6 is 0 Å². The van der Waals surface area contributed by atoms with Crippen LogP contribution in [0.2, 0.25) is 0 Å². The van der Waals surface area contributed by atoms with Gasteiger partial charge >= 0.3 is 12.3 Å². The van der Waals surface area contributed by atoms with Crippen molar-refractivity contribution in [3.05, 3.63) is 65.2 Å². The summed E-state index contributed by atoms with van der Waals surface area (Å²) in [5.41, 5.74) is -0.0621. The van der Waals surface area contributed by atoms with E-state index in [2.05, 4.69) is 5.32 Å². The molecule has 0 aliphatic carbocycles. The SMILES string of the molecule is CC(C)(CNC(=O)c1cccc(N2CCOC2=O)c1)c1cccc(C(F)(F)F)c1. The predicted molar refractivity (Wildman–Crippen MR) is 102 cm³/mol. The van der Waals surface area contributed by atoms with Crippen molar-refractivity contribution in [3.63, 3.8) is 0 Å². The van der Waals surface area contributed by atoms with Gasteiger partial charge in [0.1, 0.15) is 6.61 Å². The molecule has 1 heterocycles. The quantitative estimate of drug-likeness (QED) is 0.802. The fraction of sp³-hybridized carbons (Fsp3) is 0.333. The molecule has 0 radical (unpaired) electrons. The van der Waals surface area contributed by atoms with E-state index >= 15 is 0 Å². The fourth-order valence-corrected chi connectivity index (χ4v) is 3.06. The van der Waals surface area contributed by atoms with E-state index in [1.165, 1.54) is 11.0 Å². The predicted octanol–water partition coefficient (Wildman–Crippen LogP) is 4.37. The zero-order valence-corrected chi connectivity index (χ0v) is 16.0. The number of halogens is 3. The zero-order chi connectivity index (χ0) is 21.2. The van der Waals surface area contributed by atoms with Crippen LogP contribution in [0.5, 0.6) is 0 Å². The number of nitrogens with zero attached hydrogens (tertiary/aromatic N) is 1.